The summed E-state index contributed by atoms with van der Waals surface area (Å²) in [6.45, 7) is -0.290. The van der Waals surface area contributed by atoms with Gasteiger partial charge in [-0.15, -0.1) is 11.3 Å². The molecule has 0 radical (unpaired) electrons. The number of halogens is 1. The van der Waals surface area contributed by atoms with Crippen molar-refractivity contribution in [1.82, 2.24) is 4.98 Å². The Hall–Kier alpha value is -1.93. The minimum absolute atomic E-state index is 0.0126. The van der Waals surface area contributed by atoms with Gasteiger partial charge >= 0.3 is 5.97 Å². The number of hydrogen-bond acceptors (Lipinski definition) is 5. The summed E-state index contributed by atoms with van der Waals surface area (Å²) in [4.78, 5) is 26.6. The Morgan fingerprint density at radius 3 is 2.90 bits per heavy atom. The van der Waals surface area contributed by atoms with Crippen LogP contribution in [-0.2, 0) is 4.79 Å². The molecule has 0 unspecified atom stereocenters. The standard InChI is InChI=1S/C12H9BrN2O4S/c13-7-1-2-9(8(5-7)11(17)18)19-6-10(16)15-12-14-3-4-20-12/h1-5H,6H2,(H,17,18)(H,14,15,16). The molecule has 6 nitrogen and oxygen atoms in total. The monoisotopic (exact) mass is 356 g/mol. The number of rotatable bonds is 5. The minimum Gasteiger partial charge on any atom is -0.483 e. The maximum Gasteiger partial charge on any atom is 0.339 e. The number of carboxylic acid groups (broad SMARTS) is 1. The van der Waals surface area contributed by atoms with Crippen molar-refractivity contribution in [1.29, 1.82) is 0 Å². The molecule has 0 saturated heterocycles. The summed E-state index contributed by atoms with van der Waals surface area (Å²) in [6.07, 6.45) is 1.57. The van der Waals surface area contributed by atoms with E-state index in [2.05, 4.69) is 26.2 Å². The average molecular weight is 357 g/mol. The third-order valence-corrected chi connectivity index (χ3v) is 3.39. The number of benzene rings is 1. The number of hydrogen-bond donors (Lipinski definition) is 2. The van der Waals surface area contributed by atoms with Crippen LogP contribution in [0.25, 0.3) is 0 Å². The van der Waals surface area contributed by atoms with E-state index in [4.69, 9.17) is 9.84 Å². The molecule has 0 aliphatic rings. The SMILES string of the molecule is O=C(COc1ccc(Br)cc1C(=O)O)Nc1nccs1. The molecular weight excluding hydrogens is 348 g/mol. The van der Waals surface area contributed by atoms with E-state index in [0.29, 0.717) is 9.60 Å². The van der Waals surface area contributed by atoms with Crippen molar-refractivity contribution in [3.05, 3.63) is 39.8 Å². The van der Waals surface area contributed by atoms with Gasteiger partial charge in [-0.25, -0.2) is 9.78 Å². The van der Waals surface area contributed by atoms with Crippen LogP contribution in [0.1, 0.15) is 10.4 Å². The van der Waals surface area contributed by atoms with Crippen LogP contribution in [-0.4, -0.2) is 28.6 Å². The van der Waals surface area contributed by atoms with E-state index in [-0.39, 0.29) is 17.9 Å². The first-order valence-corrected chi connectivity index (χ1v) is 7.08. The molecule has 2 aromatic rings. The fourth-order valence-corrected chi connectivity index (χ4v) is 2.29. The summed E-state index contributed by atoms with van der Waals surface area (Å²) in [5.74, 6) is -1.39. The van der Waals surface area contributed by atoms with E-state index in [1.165, 1.54) is 23.5 Å². The molecule has 20 heavy (non-hydrogen) atoms. The lowest BCUT2D eigenvalue weighted by atomic mass is 10.2. The highest BCUT2D eigenvalue weighted by molar-refractivity contribution is 9.10. The van der Waals surface area contributed by atoms with E-state index in [0.717, 1.165) is 0 Å². The predicted molar refractivity (Wildman–Crippen MR) is 77.3 cm³/mol. The molecule has 0 aliphatic heterocycles. The molecule has 0 spiro atoms. The van der Waals surface area contributed by atoms with Gasteiger partial charge in [0.15, 0.2) is 11.7 Å². The van der Waals surface area contributed by atoms with Crippen LogP contribution in [0.2, 0.25) is 0 Å². The first kappa shape index (κ1) is 14.5. The lowest BCUT2D eigenvalue weighted by Crippen LogP contribution is -2.20. The van der Waals surface area contributed by atoms with Crippen molar-refractivity contribution in [2.75, 3.05) is 11.9 Å². The number of amides is 1. The Bertz CT molecular complexity index is 630. The largest absolute Gasteiger partial charge is 0.483 e. The number of ether oxygens (including phenoxy) is 1. The van der Waals surface area contributed by atoms with E-state index in [1.54, 1.807) is 17.6 Å². The smallest absolute Gasteiger partial charge is 0.339 e. The molecule has 8 heteroatoms. The minimum atomic E-state index is -1.12. The highest BCUT2D eigenvalue weighted by Crippen LogP contribution is 2.23. The molecule has 1 aromatic carbocycles. The molecule has 0 fully saturated rings. The number of aromatic nitrogens is 1. The Morgan fingerprint density at radius 1 is 1.45 bits per heavy atom. The van der Waals surface area contributed by atoms with E-state index >= 15 is 0 Å². The average Bonchev–Trinajstić information content (AvgIpc) is 2.90. The lowest BCUT2D eigenvalue weighted by Gasteiger charge is -2.09. The molecule has 0 bridgehead atoms. The van der Waals surface area contributed by atoms with E-state index < -0.39 is 11.9 Å². The number of carbonyl (C=O) groups excluding carboxylic acids is 1. The molecule has 0 atom stereocenters. The second-order valence-corrected chi connectivity index (χ2v) is 5.43. The van der Waals surface area contributed by atoms with Crippen LogP contribution in [0.3, 0.4) is 0 Å². The second kappa shape index (κ2) is 6.49. The van der Waals surface area contributed by atoms with E-state index in [9.17, 15) is 9.59 Å². The highest BCUT2D eigenvalue weighted by atomic mass is 79.9. The topological polar surface area (TPSA) is 88.5 Å². The van der Waals surface area contributed by atoms with Crippen LogP contribution in [0.4, 0.5) is 5.13 Å². The molecule has 0 aliphatic carbocycles. The maximum atomic E-state index is 11.6. The summed E-state index contributed by atoms with van der Waals surface area (Å²) in [7, 11) is 0. The molecule has 1 heterocycles. The van der Waals surface area contributed by atoms with Crippen molar-refractivity contribution in [3.63, 3.8) is 0 Å². The van der Waals surface area contributed by atoms with Gasteiger partial charge in [0.25, 0.3) is 5.91 Å². The number of thiazole rings is 1. The van der Waals surface area contributed by atoms with Crippen LogP contribution in [0, 0.1) is 0 Å². The summed E-state index contributed by atoms with van der Waals surface area (Å²) in [5, 5.41) is 13.8. The fraction of sp³-hybridized carbons (Fsp3) is 0.0833. The van der Waals surface area contributed by atoms with Gasteiger partial charge in [-0.2, -0.15) is 0 Å². The third kappa shape index (κ3) is 3.78. The zero-order chi connectivity index (χ0) is 14.5. The molecule has 2 rings (SSSR count). The Balaban J connectivity index is 2.00. The summed E-state index contributed by atoms with van der Waals surface area (Å²) in [5.41, 5.74) is -0.0126. The van der Waals surface area contributed by atoms with Crippen molar-refractivity contribution < 1.29 is 19.4 Å². The van der Waals surface area contributed by atoms with Gasteiger partial charge in [0.05, 0.1) is 0 Å². The number of nitrogens with one attached hydrogen (secondary N) is 1. The van der Waals surface area contributed by atoms with Gasteiger partial charge in [0.1, 0.15) is 11.3 Å². The molecule has 1 aromatic heterocycles. The molecule has 0 saturated carbocycles. The van der Waals surface area contributed by atoms with Gasteiger partial charge < -0.3 is 9.84 Å². The zero-order valence-electron chi connectivity index (χ0n) is 10.00. The van der Waals surface area contributed by atoms with Gasteiger partial charge in [0, 0.05) is 16.0 Å². The van der Waals surface area contributed by atoms with Crippen LogP contribution < -0.4 is 10.1 Å². The van der Waals surface area contributed by atoms with E-state index in [1.807, 2.05) is 0 Å². The number of anilines is 1. The number of nitrogens with zero attached hydrogens (tertiary/aromatic N) is 1. The van der Waals surface area contributed by atoms with Gasteiger partial charge in [-0.05, 0) is 18.2 Å². The quantitative estimate of drug-likeness (QED) is 0.859. The summed E-state index contributed by atoms with van der Waals surface area (Å²) in [6, 6.07) is 4.54. The van der Waals surface area contributed by atoms with Gasteiger partial charge in [-0.3, -0.25) is 10.1 Å². The normalized spacial score (nSPS) is 10.1. The molecule has 2 N–H and O–H groups in total. The van der Waals surface area contributed by atoms with Gasteiger partial charge in [-0.1, -0.05) is 15.9 Å². The fourth-order valence-electron chi connectivity index (χ4n) is 1.38. The third-order valence-electron chi connectivity index (χ3n) is 2.21. The lowest BCUT2D eigenvalue weighted by molar-refractivity contribution is -0.118. The summed E-state index contributed by atoms with van der Waals surface area (Å²) < 4.78 is 5.85. The number of carboxylic acids is 1. The van der Waals surface area contributed by atoms with Gasteiger partial charge in [0.2, 0.25) is 0 Å². The second-order valence-electron chi connectivity index (χ2n) is 3.62. The number of aromatic carboxylic acids is 1. The van der Waals surface area contributed by atoms with Crippen LogP contribution in [0.15, 0.2) is 34.2 Å². The predicted octanol–water partition coefficient (Wildman–Crippen LogP) is 2.62. The van der Waals surface area contributed by atoms with Crippen LogP contribution >= 0.6 is 27.3 Å². The van der Waals surface area contributed by atoms with Crippen molar-refractivity contribution in [3.8, 4) is 5.75 Å². The Morgan fingerprint density at radius 2 is 2.25 bits per heavy atom. The van der Waals surface area contributed by atoms with Crippen molar-refractivity contribution in [2.24, 2.45) is 0 Å². The first-order chi connectivity index (χ1) is 9.56. The van der Waals surface area contributed by atoms with Crippen LogP contribution in [0.5, 0.6) is 5.75 Å². The molecule has 1 amide bonds. The Kier molecular flexibility index (Phi) is 4.70. The number of carbonyl (C=O) groups is 2. The maximum absolute atomic E-state index is 11.6. The Labute approximate surface area is 126 Å². The summed E-state index contributed by atoms with van der Waals surface area (Å²) >= 11 is 4.46. The molecule has 104 valence electrons. The first-order valence-electron chi connectivity index (χ1n) is 5.41. The van der Waals surface area contributed by atoms with Crippen molar-refractivity contribution in [2.45, 2.75) is 0 Å². The molecular formula is C12H9BrN2O4S. The zero-order valence-corrected chi connectivity index (χ0v) is 12.4. The van der Waals surface area contributed by atoms with Crippen molar-refractivity contribution >= 4 is 44.3 Å². The highest BCUT2D eigenvalue weighted by Gasteiger charge is 2.13.